The number of carbonyl (C=O) groups is 2. The standard InChI is InChI=1S/C29H32N2O8/c1-34-24-14-19(15-25(35-2)27(24)36-3)26(28(32)30-20-7-4-5-8-20)31(29(33)22-9-6-12-37-22)16-18-10-11-21-23(13-18)39-17-38-21/h6,9-15,20,26H,4-5,7-8,16-17H2,1-3H3,(H,30,32)/t26-/m0/s1. The van der Waals surface area contributed by atoms with Gasteiger partial charge in [-0.2, -0.15) is 0 Å². The first kappa shape index (κ1) is 26.3. The summed E-state index contributed by atoms with van der Waals surface area (Å²) in [6.45, 7) is 0.223. The molecule has 1 atom stereocenters. The fraction of sp³-hybridized carbons (Fsp3) is 0.379. The summed E-state index contributed by atoms with van der Waals surface area (Å²) in [5.74, 6) is 1.70. The van der Waals surface area contributed by atoms with E-state index in [1.54, 1.807) is 30.3 Å². The molecule has 5 rings (SSSR count). The van der Waals surface area contributed by atoms with Crippen LogP contribution in [0.5, 0.6) is 28.7 Å². The van der Waals surface area contributed by atoms with Crippen molar-refractivity contribution in [2.24, 2.45) is 0 Å². The van der Waals surface area contributed by atoms with E-state index in [2.05, 4.69) is 5.32 Å². The van der Waals surface area contributed by atoms with Crippen LogP contribution in [0, 0.1) is 0 Å². The molecule has 1 N–H and O–H groups in total. The van der Waals surface area contributed by atoms with E-state index in [0.717, 1.165) is 31.2 Å². The topological polar surface area (TPSA) is 109 Å². The minimum Gasteiger partial charge on any atom is -0.493 e. The number of nitrogens with zero attached hydrogens (tertiary/aromatic N) is 1. The lowest BCUT2D eigenvalue weighted by Gasteiger charge is -2.32. The van der Waals surface area contributed by atoms with Crippen molar-refractivity contribution in [1.82, 2.24) is 10.2 Å². The van der Waals surface area contributed by atoms with Gasteiger partial charge >= 0.3 is 0 Å². The summed E-state index contributed by atoms with van der Waals surface area (Å²) in [5, 5.41) is 3.17. The quantitative estimate of drug-likeness (QED) is 0.404. The number of nitrogens with one attached hydrogen (secondary N) is 1. The van der Waals surface area contributed by atoms with Gasteiger partial charge in [-0.25, -0.2) is 0 Å². The fourth-order valence-corrected chi connectivity index (χ4v) is 5.14. The maximum Gasteiger partial charge on any atom is 0.290 e. The highest BCUT2D eigenvalue weighted by atomic mass is 16.7. The van der Waals surface area contributed by atoms with Gasteiger partial charge in [-0.1, -0.05) is 18.9 Å². The molecule has 39 heavy (non-hydrogen) atoms. The largest absolute Gasteiger partial charge is 0.493 e. The molecule has 206 valence electrons. The molecule has 3 aromatic rings. The van der Waals surface area contributed by atoms with Gasteiger partial charge in [0, 0.05) is 12.6 Å². The first-order valence-electron chi connectivity index (χ1n) is 12.9. The van der Waals surface area contributed by atoms with Crippen molar-refractivity contribution in [2.75, 3.05) is 28.1 Å². The third kappa shape index (κ3) is 5.45. The number of furan rings is 1. The molecule has 2 heterocycles. The van der Waals surface area contributed by atoms with E-state index < -0.39 is 11.9 Å². The molecular formula is C29H32N2O8. The van der Waals surface area contributed by atoms with E-state index in [-0.39, 0.29) is 31.0 Å². The van der Waals surface area contributed by atoms with Gasteiger partial charge in [0.2, 0.25) is 18.4 Å². The molecule has 0 unspecified atom stereocenters. The van der Waals surface area contributed by atoms with E-state index in [1.165, 1.54) is 32.5 Å². The monoisotopic (exact) mass is 536 g/mol. The van der Waals surface area contributed by atoms with Crippen molar-refractivity contribution in [3.63, 3.8) is 0 Å². The predicted molar refractivity (Wildman–Crippen MR) is 140 cm³/mol. The molecule has 1 aliphatic heterocycles. The second-order valence-electron chi connectivity index (χ2n) is 9.45. The van der Waals surface area contributed by atoms with Crippen LogP contribution in [0.15, 0.2) is 53.1 Å². The van der Waals surface area contributed by atoms with Crippen LogP contribution in [0.3, 0.4) is 0 Å². The number of fused-ring (bicyclic) bond motifs is 1. The normalized spacial score (nSPS) is 15.1. The molecule has 2 aromatic carbocycles. The molecule has 0 saturated heterocycles. The molecule has 2 amide bonds. The Morgan fingerprint density at radius 1 is 0.974 bits per heavy atom. The van der Waals surface area contributed by atoms with E-state index in [1.807, 2.05) is 12.1 Å². The van der Waals surface area contributed by atoms with Crippen LogP contribution in [0.4, 0.5) is 0 Å². The summed E-state index contributed by atoms with van der Waals surface area (Å²) in [6, 6.07) is 11.1. The van der Waals surface area contributed by atoms with Gasteiger partial charge in [-0.05, 0) is 60.4 Å². The van der Waals surface area contributed by atoms with Crippen LogP contribution in [-0.2, 0) is 11.3 Å². The van der Waals surface area contributed by atoms with Crippen LogP contribution in [0.2, 0.25) is 0 Å². The Morgan fingerprint density at radius 2 is 1.69 bits per heavy atom. The zero-order valence-corrected chi connectivity index (χ0v) is 22.2. The summed E-state index contributed by atoms with van der Waals surface area (Å²) >= 11 is 0. The van der Waals surface area contributed by atoms with Gasteiger partial charge < -0.3 is 38.3 Å². The number of hydrogen-bond donors (Lipinski definition) is 1. The number of carbonyl (C=O) groups excluding carboxylic acids is 2. The first-order chi connectivity index (χ1) is 19.0. The Bertz CT molecular complexity index is 1290. The average molecular weight is 537 g/mol. The number of benzene rings is 2. The van der Waals surface area contributed by atoms with Crippen LogP contribution >= 0.6 is 0 Å². The van der Waals surface area contributed by atoms with Crippen molar-refractivity contribution < 1.29 is 37.7 Å². The summed E-state index contributed by atoms with van der Waals surface area (Å²) in [7, 11) is 4.52. The lowest BCUT2D eigenvalue weighted by Crippen LogP contribution is -2.45. The molecule has 10 nitrogen and oxygen atoms in total. The van der Waals surface area contributed by atoms with E-state index >= 15 is 0 Å². The highest BCUT2D eigenvalue weighted by Crippen LogP contribution is 2.42. The van der Waals surface area contributed by atoms with Gasteiger partial charge in [0.15, 0.2) is 28.8 Å². The van der Waals surface area contributed by atoms with Crippen molar-refractivity contribution in [1.29, 1.82) is 0 Å². The highest BCUT2D eigenvalue weighted by Gasteiger charge is 2.36. The first-order valence-corrected chi connectivity index (χ1v) is 12.9. The molecule has 1 aromatic heterocycles. The molecular weight excluding hydrogens is 504 g/mol. The maximum atomic E-state index is 14.1. The Labute approximate surface area is 226 Å². The lowest BCUT2D eigenvalue weighted by atomic mass is 10.0. The molecule has 1 saturated carbocycles. The Hall–Kier alpha value is -4.34. The smallest absolute Gasteiger partial charge is 0.290 e. The maximum absolute atomic E-state index is 14.1. The fourth-order valence-electron chi connectivity index (χ4n) is 5.14. The number of amides is 2. The highest BCUT2D eigenvalue weighted by molar-refractivity contribution is 5.96. The van der Waals surface area contributed by atoms with Crippen LogP contribution in [-0.4, -0.2) is 50.9 Å². The van der Waals surface area contributed by atoms with Crippen molar-refractivity contribution >= 4 is 11.8 Å². The van der Waals surface area contributed by atoms with Gasteiger partial charge in [-0.15, -0.1) is 0 Å². The second kappa shape index (κ2) is 11.6. The summed E-state index contributed by atoms with van der Waals surface area (Å²) in [4.78, 5) is 29.5. The van der Waals surface area contributed by atoms with Crippen LogP contribution < -0.4 is 29.0 Å². The summed E-state index contributed by atoms with van der Waals surface area (Å²) in [6.07, 6.45) is 5.31. The second-order valence-corrected chi connectivity index (χ2v) is 9.45. The zero-order chi connectivity index (χ0) is 27.4. The molecule has 1 aliphatic carbocycles. The van der Waals surface area contributed by atoms with Gasteiger partial charge in [0.05, 0.1) is 27.6 Å². The molecule has 0 radical (unpaired) electrons. The minimum atomic E-state index is -1.04. The van der Waals surface area contributed by atoms with Crippen molar-refractivity contribution in [3.05, 3.63) is 65.6 Å². The minimum absolute atomic E-state index is 0.0353. The Kier molecular flexibility index (Phi) is 7.81. The van der Waals surface area contributed by atoms with Gasteiger partial charge in [0.25, 0.3) is 5.91 Å². The third-order valence-corrected chi connectivity index (χ3v) is 7.05. The number of hydrogen-bond acceptors (Lipinski definition) is 8. The van der Waals surface area contributed by atoms with Gasteiger partial charge in [-0.3, -0.25) is 9.59 Å². The number of methoxy groups -OCH3 is 3. The summed E-state index contributed by atoms with van der Waals surface area (Å²) in [5.41, 5.74) is 1.26. The number of rotatable bonds is 10. The van der Waals surface area contributed by atoms with Crippen LogP contribution in [0.1, 0.15) is 53.4 Å². The molecule has 10 heteroatoms. The molecule has 0 bridgehead atoms. The van der Waals surface area contributed by atoms with E-state index in [4.69, 9.17) is 28.1 Å². The van der Waals surface area contributed by atoms with E-state index in [0.29, 0.717) is 34.3 Å². The average Bonchev–Trinajstić information content (AvgIpc) is 3.74. The van der Waals surface area contributed by atoms with Crippen molar-refractivity contribution in [2.45, 2.75) is 44.3 Å². The van der Waals surface area contributed by atoms with Crippen molar-refractivity contribution in [3.8, 4) is 28.7 Å². The number of ether oxygens (including phenoxy) is 5. The van der Waals surface area contributed by atoms with Crippen LogP contribution in [0.25, 0.3) is 0 Å². The Morgan fingerprint density at radius 3 is 2.33 bits per heavy atom. The van der Waals surface area contributed by atoms with E-state index in [9.17, 15) is 9.59 Å². The molecule has 1 fully saturated rings. The molecule has 2 aliphatic rings. The lowest BCUT2D eigenvalue weighted by molar-refractivity contribution is -0.126. The SMILES string of the molecule is COc1cc([C@@H](C(=O)NC2CCCC2)N(Cc2ccc3c(c2)OCO3)C(=O)c2ccco2)cc(OC)c1OC. The zero-order valence-electron chi connectivity index (χ0n) is 22.2. The molecule has 0 spiro atoms. The van der Waals surface area contributed by atoms with Gasteiger partial charge in [0.1, 0.15) is 6.04 Å². The summed E-state index contributed by atoms with van der Waals surface area (Å²) < 4.78 is 33.1. The Balaban J connectivity index is 1.61. The third-order valence-electron chi connectivity index (χ3n) is 7.05. The predicted octanol–water partition coefficient (Wildman–Crippen LogP) is 4.48.